The molecule has 13 heteroatoms. The number of thiophene rings is 1. The van der Waals surface area contributed by atoms with E-state index in [-0.39, 0.29) is 48.0 Å². The van der Waals surface area contributed by atoms with Gasteiger partial charge in [0.15, 0.2) is 16.8 Å². The third-order valence-electron chi connectivity index (χ3n) is 6.72. The number of fused-ring (bicyclic) bond motifs is 2. The number of nitrogens with zero attached hydrogens (tertiary/aromatic N) is 6. The molecule has 0 atom stereocenters. The van der Waals surface area contributed by atoms with Crippen LogP contribution in [0.2, 0.25) is 0 Å². The fourth-order valence-corrected chi connectivity index (χ4v) is 5.68. The molecule has 8 nitrogen and oxygen atoms in total. The van der Waals surface area contributed by atoms with Crippen molar-refractivity contribution in [3.05, 3.63) is 65.7 Å². The van der Waals surface area contributed by atoms with E-state index in [1.54, 1.807) is 35.6 Å². The molecule has 0 unspecified atom stereocenters. The summed E-state index contributed by atoms with van der Waals surface area (Å²) < 4.78 is 56.9. The van der Waals surface area contributed by atoms with Crippen LogP contribution in [0.3, 0.4) is 0 Å². The molecule has 2 N–H and O–H groups in total. The van der Waals surface area contributed by atoms with E-state index in [1.165, 1.54) is 18.5 Å². The van der Waals surface area contributed by atoms with Crippen molar-refractivity contribution in [2.24, 2.45) is 0 Å². The third-order valence-corrected chi connectivity index (χ3v) is 7.63. The second-order valence-corrected chi connectivity index (χ2v) is 10.5. The Morgan fingerprint density at radius 1 is 1.00 bits per heavy atom. The number of hydrogen-bond acceptors (Lipinski definition) is 7. The molecule has 0 spiro atoms. The van der Waals surface area contributed by atoms with Crippen LogP contribution in [0.25, 0.3) is 55.2 Å². The zero-order chi connectivity index (χ0) is 26.7. The minimum Gasteiger partial charge on any atom is -0.335 e. The van der Waals surface area contributed by atoms with Crippen LogP contribution in [-0.2, 0) is 6.54 Å². The molecular weight excluding hydrogens is 532 g/mol. The van der Waals surface area contributed by atoms with Crippen molar-refractivity contribution in [1.29, 1.82) is 0 Å². The Hall–Kier alpha value is -4.23. The summed E-state index contributed by atoms with van der Waals surface area (Å²) in [5.41, 5.74) is 3.55. The molecule has 7 rings (SSSR count). The first kappa shape index (κ1) is 23.9. The second kappa shape index (κ2) is 8.92. The first-order valence-corrected chi connectivity index (χ1v) is 12.8. The number of halogens is 4. The number of hydrogen-bond donors (Lipinski definition) is 2. The quantitative estimate of drug-likeness (QED) is 0.263. The largest absolute Gasteiger partial charge is 0.335 e. The van der Waals surface area contributed by atoms with E-state index >= 15 is 4.39 Å². The lowest BCUT2D eigenvalue weighted by Crippen LogP contribution is -2.24. The molecular formula is C26H18F4N8S. The van der Waals surface area contributed by atoms with Gasteiger partial charge in [-0.1, -0.05) is 0 Å². The van der Waals surface area contributed by atoms with Crippen LogP contribution in [-0.4, -0.2) is 59.0 Å². The lowest BCUT2D eigenvalue weighted by atomic mass is 10.1. The van der Waals surface area contributed by atoms with Crippen molar-refractivity contribution in [2.75, 3.05) is 13.1 Å². The molecule has 196 valence electrons. The fraction of sp³-hybridized carbons (Fsp3) is 0.192. The van der Waals surface area contributed by atoms with Gasteiger partial charge in [0.25, 0.3) is 5.92 Å². The van der Waals surface area contributed by atoms with Gasteiger partial charge in [0, 0.05) is 54.1 Å². The van der Waals surface area contributed by atoms with Gasteiger partial charge in [-0.15, -0.1) is 11.3 Å². The molecule has 6 aromatic rings. The molecule has 6 aromatic heterocycles. The number of aromatic amines is 2. The normalized spacial score (nSPS) is 15.6. The summed E-state index contributed by atoms with van der Waals surface area (Å²) in [6.45, 7) is 0.245. The van der Waals surface area contributed by atoms with Crippen molar-refractivity contribution in [3.8, 4) is 33.2 Å². The number of nitrogens with one attached hydrogen (secondary N) is 2. The summed E-state index contributed by atoms with van der Waals surface area (Å²) in [4.78, 5) is 22.8. The van der Waals surface area contributed by atoms with Gasteiger partial charge in [-0.2, -0.15) is 9.49 Å². The maximum absolute atomic E-state index is 16.0. The summed E-state index contributed by atoms with van der Waals surface area (Å²) in [7, 11) is 0. The van der Waals surface area contributed by atoms with Gasteiger partial charge in [-0.3, -0.25) is 25.0 Å². The van der Waals surface area contributed by atoms with Gasteiger partial charge in [0.05, 0.1) is 35.4 Å². The van der Waals surface area contributed by atoms with Crippen molar-refractivity contribution >= 4 is 33.3 Å². The molecule has 7 heterocycles. The van der Waals surface area contributed by atoms with Crippen LogP contribution >= 0.6 is 11.3 Å². The van der Waals surface area contributed by atoms with Gasteiger partial charge in [0.1, 0.15) is 16.9 Å². The Morgan fingerprint density at radius 2 is 1.87 bits per heavy atom. The first-order chi connectivity index (χ1) is 18.8. The zero-order valence-corrected chi connectivity index (χ0v) is 20.9. The van der Waals surface area contributed by atoms with Crippen LogP contribution in [0.15, 0.2) is 49.2 Å². The number of likely N-dealkylation sites (tertiary alicyclic amines) is 1. The van der Waals surface area contributed by atoms with Crippen LogP contribution < -0.4 is 0 Å². The highest BCUT2D eigenvalue weighted by atomic mass is 32.1. The maximum Gasteiger partial charge on any atom is 0.261 e. The molecule has 1 saturated heterocycles. The topological polar surface area (TPSA) is 99.3 Å². The van der Waals surface area contributed by atoms with Crippen molar-refractivity contribution < 1.29 is 17.6 Å². The van der Waals surface area contributed by atoms with E-state index in [9.17, 15) is 13.2 Å². The van der Waals surface area contributed by atoms with E-state index < -0.39 is 11.7 Å². The predicted octanol–water partition coefficient (Wildman–Crippen LogP) is 5.81. The predicted molar refractivity (Wildman–Crippen MR) is 138 cm³/mol. The lowest BCUT2D eigenvalue weighted by molar-refractivity contribution is 0.0115. The zero-order valence-electron chi connectivity index (χ0n) is 20.1. The number of imidazole rings is 1. The Labute approximate surface area is 221 Å². The summed E-state index contributed by atoms with van der Waals surface area (Å²) in [6, 6.07) is 4.74. The highest BCUT2D eigenvalue weighted by Gasteiger charge is 2.38. The van der Waals surface area contributed by atoms with E-state index in [4.69, 9.17) is 0 Å². The minimum absolute atomic E-state index is 0.0544. The van der Waals surface area contributed by atoms with Gasteiger partial charge >= 0.3 is 0 Å². The summed E-state index contributed by atoms with van der Waals surface area (Å²) in [6.07, 6.45) is 7.55. The number of H-pyrrole nitrogens is 2. The van der Waals surface area contributed by atoms with Gasteiger partial charge in [-0.25, -0.2) is 18.2 Å². The lowest BCUT2D eigenvalue weighted by Gasteiger charge is -2.15. The molecule has 0 radical (unpaired) electrons. The molecule has 0 bridgehead atoms. The van der Waals surface area contributed by atoms with Crippen molar-refractivity contribution in [2.45, 2.75) is 18.9 Å². The first-order valence-electron chi connectivity index (χ1n) is 12.0. The Bertz CT molecular complexity index is 1860. The van der Waals surface area contributed by atoms with Crippen LogP contribution in [0.1, 0.15) is 12.0 Å². The number of rotatable bonds is 5. The molecule has 1 aliphatic heterocycles. The highest BCUT2D eigenvalue weighted by Crippen LogP contribution is 2.36. The molecule has 1 aliphatic rings. The molecule has 0 aliphatic carbocycles. The van der Waals surface area contributed by atoms with Crippen molar-refractivity contribution in [1.82, 2.24) is 40.0 Å². The molecule has 39 heavy (non-hydrogen) atoms. The van der Waals surface area contributed by atoms with E-state index in [0.29, 0.717) is 43.9 Å². The monoisotopic (exact) mass is 550 g/mol. The number of aromatic nitrogens is 7. The minimum atomic E-state index is -2.70. The summed E-state index contributed by atoms with van der Waals surface area (Å²) in [5.74, 6) is -3.02. The standard InChI is InChI=1S/C26H18F4N8S/c27-19-2-1-18(39-19)15-8-32-9-17-23(15)35-25(34-17)24-20-16(36-37-24)10-33-22(21(20)28)14-5-13(6-31-7-14)11-38-4-3-26(29,30)12-38/h1-2,5-10H,3-4,11-12H2,(H,34,35)(H,36,37). The van der Waals surface area contributed by atoms with E-state index in [1.807, 2.05) is 0 Å². The summed E-state index contributed by atoms with van der Waals surface area (Å²) in [5, 5.41) is 6.95. The summed E-state index contributed by atoms with van der Waals surface area (Å²) >= 11 is 0.981. The number of pyridine rings is 3. The average molecular weight is 551 g/mol. The van der Waals surface area contributed by atoms with Crippen LogP contribution in [0.5, 0.6) is 0 Å². The fourth-order valence-electron chi connectivity index (χ4n) is 4.94. The highest BCUT2D eigenvalue weighted by molar-refractivity contribution is 7.14. The van der Waals surface area contributed by atoms with Crippen molar-refractivity contribution in [3.63, 3.8) is 0 Å². The SMILES string of the molecule is Fc1ccc(-c2cncc3[nH]c(-c4n[nH]c5cnc(-c6cncc(CN7CCC(F)(F)C7)c6)c(F)c45)nc23)s1. The molecule has 0 aromatic carbocycles. The van der Waals surface area contributed by atoms with E-state index in [0.717, 1.165) is 11.3 Å². The number of alkyl halides is 2. The Morgan fingerprint density at radius 3 is 2.67 bits per heavy atom. The maximum atomic E-state index is 16.0. The molecule has 0 saturated carbocycles. The smallest absolute Gasteiger partial charge is 0.261 e. The Kier molecular flexibility index (Phi) is 5.45. The van der Waals surface area contributed by atoms with Crippen LogP contribution in [0, 0.1) is 10.9 Å². The van der Waals surface area contributed by atoms with Gasteiger partial charge in [0.2, 0.25) is 0 Å². The Balaban J connectivity index is 1.28. The second-order valence-electron chi connectivity index (χ2n) is 9.45. The molecule has 1 fully saturated rings. The van der Waals surface area contributed by atoms with E-state index in [2.05, 4.69) is 35.1 Å². The molecule has 0 amide bonds. The average Bonchev–Trinajstić information content (AvgIpc) is 3.70. The van der Waals surface area contributed by atoms with Crippen LogP contribution in [0.4, 0.5) is 17.6 Å². The third kappa shape index (κ3) is 4.23. The van der Waals surface area contributed by atoms with Gasteiger partial charge in [-0.05, 0) is 23.8 Å². The van der Waals surface area contributed by atoms with Gasteiger partial charge < -0.3 is 4.98 Å².